The summed E-state index contributed by atoms with van der Waals surface area (Å²) in [5.74, 6) is 2.31. The monoisotopic (exact) mass is 213 g/mol. The van der Waals surface area contributed by atoms with Gasteiger partial charge in [-0.25, -0.2) is 0 Å². The van der Waals surface area contributed by atoms with Crippen molar-refractivity contribution in [1.82, 2.24) is 0 Å². The molecule has 0 amide bonds. The van der Waals surface area contributed by atoms with Crippen LogP contribution in [-0.2, 0) is 0 Å². The molecule has 0 aromatic rings. The van der Waals surface area contributed by atoms with E-state index in [-0.39, 0.29) is 11.5 Å². The van der Waals surface area contributed by atoms with Crippen molar-refractivity contribution in [1.29, 1.82) is 0 Å². The van der Waals surface area contributed by atoms with Crippen LogP contribution in [0.25, 0.3) is 0 Å². The van der Waals surface area contributed by atoms with Crippen molar-refractivity contribution >= 4 is 0 Å². The second-order valence-electron chi connectivity index (χ2n) is 4.74. The fraction of sp³-hybridized carbons (Fsp3) is 1.00. The molecule has 3 nitrogen and oxygen atoms in total. The van der Waals surface area contributed by atoms with Crippen LogP contribution < -0.4 is 0 Å². The predicted molar refractivity (Wildman–Crippen MR) is 61.5 cm³/mol. The minimum Gasteiger partial charge on any atom is -0.265 e. The molecule has 0 aromatic carbocycles. The van der Waals surface area contributed by atoms with Crippen LogP contribution in [0, 0.1) is 22.0 Å². The third-order valence-electron chi connectivity index (χ3n) is 3.72. The van der Waals surface area contributed by atoms with E-state index in [0.717, 1.165) is 11.8 Å². The summed E-state index contributed by atoms with van der Waals surface area (Å²) in [5.41, 5.74) is 0. The first kappa shape index (κ1) is 12.5. The third kappa shape index (κ3) is 4.63. The van der Waals surface area contributed by atoms with Gasteiger partial charge in [0.05, 0.1) is 0 Å². The quantitative estimate of drug-likeness (QED) is 0.493. The van der Waals surface area contributed by atoms with Crippen LogP contribution in [-0.4, -0.2) is 11.5 Å². The molecule has 0 bridgehead atoms. The first-order chi connectivity index (χ1) is 7.24. The molecule has 2 rings (SSSR count). The lowest BCUT2D eigenvalue weighted by Crippen LogP contribution is -2.22. The van der Waals surface area contributed by atoms with Gasteiger partial charge in [-0.1, -0.05) is 51.4 Å². The zero-order valence-electron chi connectivity index (χ0n) is 9.78. The first-order valence-electron chi connectivity index (χ1n) is 6.35. The van der Waals surface area contributed by atoms with Gasteiger partial charge in [-0.15, -0.1) is 0 Å². The highest BCUT2D eigenvalue weighted by molar-refractivity contribution is 4.78. The Morgan fingerprint density at radius 3 is 1.47 bits per heavy atom. The van der Waals surface area contributed by atoms with Crippen molar-refractivity contribution < 1.29 is 4.92 Å². The van der Waals surface area contributed by atoms with E-state index in [1.807, 2.05) is 0 Å². The maximum absolute atomic E-state index is 9.17. The van der Waals surface area contributed by atoms with Crippen molar-refractivity contribution in [3.8, 4) is 0 Å². The van der Waals surface area contributed by atoms with Crippen LogP contribution in [0.3, 0.4) is 0 Å². The van der Waals surface area contributed by atoms with Gasteiger partial charge in [-0.2, -0.15) is 0 Å². The summed E-state index contributed by atoms with van der Waals surface area (Å²) in [7, 11) is 0. The normalized spacial score (nSPS) is 29.7. The molecule has 88 valence electrons. The Hall–Kier alpha value is -0.600. The van der Waals surface area contributed by atoms with E-state index in [1.165, 1.54) is 32.6 Å². The molecule has 0 aromatic heterocycles. The number of hydrogen-bond acceptors (Lipinski definition) is 2. The van der Waals surface area contributed by atoms with Crippen LogP contribution in [0.1, 0.15) is 58.3 Å². The van der Waals surface area contributed by atoms with Gasteiger partial charge in [0.25, 0.3) is 0 Å². The Morgan fingerprint density at radius 2 is 1.27 bits per heavy atom. The van der Waals surface area contributed by atoms with E-state index < -0.39 is 0 Å². The molecule has 2 aliphatic carbocycles. The zero-order valence-corrected chi connectivity index (χ0v) is 9.78. The smallest absolute Gasteiger partial charge is 0.201 e. The highest BCUT2D eigenvalue weighted by Gasteiger charge is 2.26. The third-order valence-corrected chi connectivity index (χ3v) is 3.72. The van der Waals surface area contributed by atoms with E-state index in [1.54, 1.807) is 25.7 Å². The average molecular weight is 213 g/mol. The molecule has 0 N–H and O–H groups in total. The van der Waals surface area contributed by atoms with E-state index in [4.69, 9.17) is 0 Å². The first-order valence-corrected chi connectivity index (χ1v) is 6.35. The Labute approximate surface area is 92.4 Å². The Bertz CT molecular complexity index is 168. The Balaban J connectivity index is 0.000000195. The molecule has 0 aliphatic heterocycles. The lowest BCUT2D eigenvalue weighted by molar-refractivity contribution is -0.475. The molecule has 0 atom stereocenters. The van der Waals surface area contributed by atoms with Gasteiger partial charge in [0.2, 0.25) is 6.54 Å². The molecule has 0 spiro atoms. The van der Waals surface area contributed by atoms with Gasteiger partial charge >= 0.3 is 0 Å². The molecule has 0 heterocycles. The number of nitro groups is 1. The molecule has 2 saturated carbocycles. The molecule has 0 radical (unpaired) electrons. The second kappa shape index (κ2) is 6.81. The minimum atomic E-state index is -0.375. The summed E-state index contributed by atoms with van der Waals surface area (Å²) in [6, 6.07) is 0. The maximum Gasteiger partial charge on any atom is 0.201 e. The summed E-state index contributed by atoms with van der Waals surface area (Å²) in [6.45, 7) is 1.53. The molecule has 15 heavy (non-hydrogen) atoms. The van der Waals surface area contributed by atoms with Crippen molar-refractivity contribution in [3.05, 3.63) is 10.1 Å². The van der Waals surface area contributed by atoms with Crippen molar-refractivity contribution in [3.63, 3.8) is 0 Å². The summed E-state index contributed by atoms with van der Waals surface area (Å²) >= 11 is 0. The van der Waals surface area contributed by atoms with Gasteiger partial charge in [0, 0.05) is 11.8 Å². The lowest BCUT2D eigenvalue weighted by atomic mass is 9.71. The van der Waals surface area contributed by atoms with Gasteiger partial charge in [-0.3, -0.25) is 10.1 Å². The van der Waals surface area contributed by atoms with E-state index >= 15 is 0 Å². The SMILES string of the molecule is C1CCC2CCCCC2C1.CC[N+](=O)[O-]. The van der Waals surface area contributed by atoms with Gasteiger partial charge in [-0.05, 0) is 11.8 Å². The molecular formula is C12H23NO2. The van der Waals surface area contributed by atoms with Crippen LogP contribution in [0.5, 0.6) is 0 Å². The largest absolute Gasteiger partial charge is 0.265 e. The standard InChI is InChI=1S/C10H18.C2H5NO2/c1-2-6-10-8-4-3-7-9(10)5-1;1-2-3(4)5/h9-10H,1-8H2;2H2,1H3. The molecule has 0 unspecified atom stereocenters. The summed E-state index contributed by atoms with van der Waals surface area (Å²) in [4.78, 5) is 8.80. The highest BCUT2D eigenvalue weighted by atomic mass is 16.6. The Morgan fingerprint density at radius 1 is 1.00 bits per heavy atom. The second-order valence-corrected chi connectivity index (χ2v) is 4.74. The lowest BCUT2D eigenvalue weighted by Gasteiger charge is -2.35. The highest BCUT2D eigenvalue weighted by Crippen LogP contribution is 2.39. The summed E-state index contributed by atoms with van der Waals surface area (Å²) < 4.78 is 0. The van der Waals surface area contributed by atoms with Gasteiger partial charge < -0.3 is 0 Å². The number of rotatable bonds is 1. The zero-order chi connectivity index (χ0) is 11.1. The van der Waals surface area contributed by atoms with Crippen LogP contribution in [0.4, 0.5) is 0 Å². The molecular weight excluding hydrogens is 190 g/mol. The minimum absolute atomic E-state index is 0.0278. The van der Waals surface area contributed by atoms with Crippen molar-refractivity contribution in [2.45, 2.75) is 58.3 Å². The maximum atomic E-state index is 9.17. The van der Waals surface area contributed by atoms with Crippen molar-refractivity contribution in [2.24, 2.45) is 11.8 Å². The molecule has 3 heteroatoms. The topological polar surface area (TPSA) is 43.1 Å². The van der Waals surface area contributed by atoms with Crippen molar-refractivity contribution in [2.75, 3.05) is 6.54 Å². The fourth-order valence-corrected chi connectivity index (χ4v) is 2.86. The Kier molecular flexibility index (Phi) is 5.66. The van der Waals surface area contributed by atoms with E-state index in [0.29, 0.717) is 0 Å². The summed E-state index contributed by atoms with van der Waals surface area (Å²) in [6.07, 6.45) is 12.4. The molecule has 0 saturated heterocycles. The van der Waals surface area contributed by atoms with Gasteiger partial charge in [0.15, 0.2) is 0 Å². The van der Waals surface area contributed by atoms with Crippen LogP contribution in [0.15, 0.2) is 0 Å². The number of nitrogens with zero attached hydrogens (tertiary/aromatic N) is 1. The van der Waals surface area contributed by atoms with Crippen LogP contribution in [0.2, 0.25) is 0 Å². The molecule has 2 aliphatic rings. The number of fused-ring (bicyclic) bond motifs is 1. The van der Waals surface area contributed by atoms with E-state index in [9.17, 15) is 10.1 Å². The van der Waals surface area contributed by atoms with Crippen LogP contribution >= 0.6 is 0 Å². The molecule has 2 fully saturated rings. The number of hydrogen-bond donors (Lipinski definition) is 0. The fourth-order valence-electron chi connectivity index (χ4n) is 2.86. The van der Waals surface area contributed by atoms with Gasteiger partial charge in [0.1, 0.15) is 0 Å². The summed E-state index contributed by atoms with van der Waals surface area (Å²) in [5, 5.41) is 9.17. The average Bonchev–Trinajstić information content (AvgIpc) is 2.30. The van der Waals surface area contributed by atoms with E-state index in [2.05, 4.69) is 0 Å². The predicted octanol–water partition coefficient (Wildman–Crippen LogP) is 3.65.